The van der Waals surface area contributed by atoms with Gasteiger partial charge in [-0.1, -0.05) is 19.1 Å². The zero-order valence-corrected chi connectivity index (χ0v) is 11.7. The van der Waals surface area contributed by atoms with Gasteiger partial charge in [0.05, 0.1) is 4.99 Å². The maximum atomic E-state index is 11.8. The molecule has 0 bridgehead atoms. The number of hydrogen-bond donors (Lipinski definition) is 1. The van der Waals surface area contributed by atoms with E-state index in [0.29, 0.717) is 37.6 Å². The number of thiocarbonyl (C=S) groups is 1. The average Bonchev–Trinajstić information content (AvgIpc) is 2.33. The van der Waals surface area contributed by atoms with Gasteiger partial charge in [-0.3, -0.25) is 9.59 Å². The Balaban J connectivity index is 2.34. The highest BCUT2D eigenvalue weighted by molar-refractivity contribution is 7.80. The Bertz CT molecular complexity index is 333. The van der Waals surface area contributed by atoms with Gasteiger partial charge in [0, 0.05) is 26.2 Å². The average molecular weight is 271 g/mol. The molecule has 0 spiro atoms. The monoisotopic (exact) mass is 271 g/mol. The zero-order valence-electron chi connectivity index (χ0n) is 10.9. The highest BCUT2D eigenvalue weighted by Crippen LogP contribution is 2.08. The fraction of sp³-hybridized carbons (Fsp3) is 0.750. The molecule has 1 aliphatic rings. The number of carbonyl (C=O) groups excluding carboxylic acids is 2. The van der Waals surface area contributed by atoms with Crippen molar-refractivity contribution in [1.29, 1.82) is 0 Å². The first-order valence-corrected chi connectivity index (χ1v) is 6.83. The number of amides is 2. The van der Waals surface area contributed by atoms with E-state index in [1.807, 2.05) is 6.92 Å². The first-order valence-electron chi connectivity index (χ1n) is 6.42. The van der Waals surface area contributed by atoms with Gasteiger partial charge >= 0.3 is 11.8 Å². The number of hydrogen-bond acceptors (Lipinski definition) is 3. The van der Waals surface area contributed by atoms with Crippen LogP contribution in [0.1, 0.15) is 32.6 Å². The molecule has 1 aliphatic heterocycles. The minimum atomic E-state index is -0.370. The summed E-state index contributed by atoms with van der Waals surface area (Å²) >= 11 is 4.79. The Morgan fingerprint density at radius 2 is 1.72 bits per heavy atom. The lowest BCUT2D eigenvalue weighted by Crippen LogP contribution is -2.54. The SMILES string of the molecule is CCCN1CCN(CCCCC(N)=S)C(=O)C1=O. The molecular formula is C12H21N3O2S. The summed E-state index contributed by atoms with van der Waals surface area (Å²) in [5, 5.41) is 0. The van der Waals surface area contributed by atoms with E-state index in [0.717, 1.165) is 19.3 Å². The predicted molar refractivity (Wildman–Crippen MR) is 74.1 cm³/mol. The van der Waals surface area contributed by atoms with Crippen molar-refractivity contribution in [3.05, 3.63) is 0 Å². The van der Waals surface area contributed by atoms with Crippen molar-refractivity contribution in [3.63, 3.8) is 0 Å². The van der Waals surface area contributed by atoms with Crippen LogP contribution in [-0.2, 0) is 9.59 Å². The fourth-order valence-corrected chi connectivity index (χ4v) is 2.16. The highest BCUT2D eigenvalue weighted by Gasteiger charge is 2.31. The summed E-state index contributed by atoms with van der Waals surface area (Å²) in [6.45, 7) is 4.57. The maximum absolute atomic E-state index is 11.8. The van der Waals surface area contributed by atoms with E-state index in [9.17, 15) is 9.59 Å². The summed E-state index contributed by atoms with van der Waals surface area (Å²) in [5.41, 5.74) is 5.40. The second-order valence-corrected chi connectivity index (χ2v) is 5.03. The van der Waals surface area contributed by atoms with Gasteiger partial charge in [0.2, 0.25) is 0 Å². The molecule has 0 atom stereocenters. The van der Waals surface area contributed by atoms with Gasteiger partial charge in [-0.15, -0.1) is 0 Å². The molecule has 0 aliphatic carbocycles. The molecule has 6 heteroatoms. The van der Waals surface area contributed by atoms with Crippen LogP contribution in [-0.4, -0.2) is 52.8 Å². The van der Waals surface area contributed by atoms with Crippen molar-refractivity contribution in [3.8, 4) is 0 Å². The van der Waals surface area contributed by atoms with E-state index in [2.05, 4.69) is 0 Å². The third-order valence-corrected chi connectivity index (χ3v) is 3.20. The maximum Gasteiger partial charge on any atom is 0.312 e. The van der Waals surface area contributed by atoms with Crippen LogP contribution >= 0.6 is 12.2 Å². The van der Waals surface area contributed by atoms with Gasteiger partial charge in [-0.2, -0.15) is 0 Å². The van der Waals surface area contributed by atoms with Crippen molar-refractivity contribution in [2.24, 2.45) is 5.73 Å². The molecule has 2 amide bonds. The van der Waals surface area contributed by atoms with Gasteiger partial charge in [0.1, 0.15) is 0 Å². The summed E-state index contributed by atoms with van der Waals surface area (Å²) in [6.07, 6.45) is 3.29. The first kappa shape index (κ1) is 14.9. The van der Waals surface area contributed by atoms with E-state index in [4.69, 9.17) is 18.0 Å². The summed E-state index contributed by atoms with van der Waals surface area (Å²) in [4.78, 5) is 27.4. The molecule has 1 saturated heterocycles. The number of rotatable bonds is 7. The van der Waals surface area contributed by atoms with E-state index in [1.165, 1.54) is 0 Å². The van der Waals surface area contributed by atoms with Crippen LogP contribution in [0.3, 0.4) is 0 Å². The quantitative estimate of drug-likeness (QED) is 0.416. The van der Waals surface area contributed by atoms with Crippen LogP contribution in [0.4, 0.5) is 0 Å². The van der Waals surface area contributed by atoms with E-state index >= 15 is 0 Å². The van der Waals surface area contributed by atoms with Crippen LogP contribution in [0.5, 0.6) is 0 Å². The minimum absolute atomic E-state index is 0.363. The minimum Gasteiger partial charge on any atom is -0.393 e. The smallest absolute Gasteiger partial charge is 0.312 e. The molecular weight excluding hydrogens is 250 g/mol. The van der Waals surface area contributed by atoms with Gasteiger partial charge < -0.3 is 15.5 Å². The Morgan fingerprint density at radius 1 is 1.17 bits per heavy atom. The highest BCUT2D eigenvalue weighted by atomic mass is 32.1. The number of nitrogens with two attached hydrogens (primary N) is 1. The standard InChI is InChI=1S/C12H21N3O2S/c1-2-6-14-8-9-15(12(17)11(14)16)7-4-3-5-10(13)18/h2-9H2,1H3,(H2,13,18). The molecule has 1 fully saturated rings. The Hall–Kier alpha value is -1.17. The second kappa shape index (κ2) is 7.31. The van der Waals surface area contributed by atoms with Crippen LogP contribution in [0.2, 0.25) is 0 Å². The number of nitrogens with zero attached hydrogens (tertiary/aromatic N) is 2. The van der Waals surface area contributed by atoms with E-state index in [1.54, 1.807) is 9.80 Å². The lowest BCUT2D eigenvalue weighted by molar-refractivity contribution is -0.156. The summed E-state index contributed by atoms with van der Waals surface area (Å²) in [6, 6.07) is 0. The van der Waals surface area contributed by atoms with E-state index < -0.39 is 0 Å². The topological polar surface area (TPSA) is 66.6 Å². The van der Waals surface area contributed by atoms with Crippen LogP contribution in [0.15, 0.2) is 0 Å². The summed E-state index contributed by atoms with van der Waals surface area (Å²) < 4.78 is 0. The molecule has 0 aromatic rings. The first-order chi connectivity index (χ1) is 8.56. The zero-order chi connectivity index (χ0) is 13.5. The fourth-order valence-electron chi connectivity index (χ4n) is 2.01. The van der Waals surface area contributed by atoms with Crippen molar-refractivity contribution in [2.75, 3.05) is 26.2 Å². The number of carbonyl (C=O) groups is 2. The lowest BCUT2D eigenvalue weighted by atomic mass is 10.2. The molecule has 0 radical (unpaired) electrons. The summed E-state index contributed by atoms with van der Waals surface area (Å²) in [7, 11) is 0. The number of piperazine rings is 1. The third-order valence-electron chi connectivity index (χ3n) is 2.99. The van der Waals surface area contributed by atoms with Crippen molar-refractivity contribution in [2.45, 2.75) is 32.6 Å². The Labute approximate surface area is 113 Å². The molecule has 0 aromatic carbocycles. The second-order valence-electron chi connectivity index (χ2n) is 4.51. The molecule has 1 rings (SSSR count). The molecule has 18 heavy (non-hydrogen) atoms. The molecule has 0 saturated carbocycles. The molecule has 5 nitrogen and oxygen atoms in total. The predicted octanol–water partition coefficient (Wildman–Crippen LogP) is 0.524. The van der Waals surface area contributed by atoms with Crippen molar-refractivity contribution in [1.82, 2.24) is 9.80 Å². The van der Waals surface area contributed by atoms with Gasteiger partial charge in [-0.05, 0) is 25.7 Å². The van der Waals surface area contributed by atoms with Gasteiger partial charge in [0.15, 0.2) is 0 Å². The molecule has 0 unspecified atom stereocenters. The van der Waals surface area contributed by atoms with Gasteiger partial charge in [-0.25, -0.2) is 0 Å². The summed E-state index contributed by atoms with van der Waals surface area (Å²) in [5.74, 6) is -0.734. The Morgan fingerprint density at radius 3 is 2.22 bits per heavy atom. The largest absolute Gasteiger partial charge is 0.393 e. The molecule has 1 heterocycles. The lowest BCUT2D eigenvalue weighted by Gasteiger charge is -2.33. The van der Waals surface area contributed by atoms with E-state index in [-0.39, 0.29) is 11.8 Å². The van der Waals surface area contributed by atoms with Crippen molar-refractivity contribution < 1.29 is 9.59 Å². The normalized spacial score (nSPS) is 16.3. The third kappa shape index (κ3) is 4.25. The van der Waals surface area contributed by atoms with Crippen molar-refractivity contribution >= 4 is 29.0 Å². The van der Waals surface area contributed by atoms with Gasteiger partial charge in [0.25, 0.3) is 0 Å². The Kier molecular flexibility index (Phi) is 6.04. The number of unbranched alkanes of at least 4 members (excludes halogenated alkanes) is 1. The molecule has 0 aromatic heterocycles. The molecule has 102 valence electrons. The van der Waals surface area contributed by atoms with Crippen LogP contribution < -0.4 is 5.73 Å². The van der Waals surface area contributed by atoms with Crippen LogP contribution in [0, 0.1) is 0 Å². The van der Waals surface area contributed by atoms with Crippen LogP contribution in [0.25, 0.3) is 0 Å². The molecule has 2 N–H and O–H groups in total.